The summed E-state index contributed by atoms with van der Waals surface area (Å²) in [6.07, 6.45) is -0.482. The molecular formula is C11H16N2O2. The van der Waals surface area contributed by atoms with Gasteiger partial charge in [-0.25, -0.2) is 0 Å². The van der Waals surface area contributed by atoms with Gasteiger partial charge in [0, 0.05) is 7.11 Å². The largest absolute Gasteiger partial charge is 0.397 e. The van der Waals surface area contributed by atoms with E-state index < -0.39 is 6.10 Å². The lowest BCUT2D eigenvalue weighted by Crippen LogP contribution is -2.26. The molecule has 0 bridgehead atoms. The Hall–Kier alpha value is -1.55. The highest BCUT2D eigenvalue weighted by Crippen LogP contribution is 2.19. The Morgan fingerprint density at radius 2 is 2.20 bits per heavy atom. The molecule has 1 atom stereocenters. The monoisotopic (exact) mass is 208 g/mol. The lowest BCUT2D eigenvalue weighted by molar-refractivity contribution is -0.124. The number of ether oxygens (including phenoxy) is 1. The van der Waals surface area contributed by atoms with Gasteiger partial charge in [0.05, 0.1) is 11.4 Å². The maximum Gasteiger partial charge on any atom is 0.253 e. The van der Waals surface area contributed by atoms with Gasteiger partial charge in [-0.3, -0.25) is 4.79 Å². The number of amides is 1. The van der Waals surface area contributed by atoms with Crippen molar-refractivity contribution in [1.29, 1.82) is 0 Å². The molecule has 0 heterocycles. The highest BCUT2D eigenvalue weighted by atomic mass is 16.5. The molecule has 1 unspecified atom stereocenters. The average molecular weight is 208 g/mol. The fraction of sp³-hybridized carbons (Fsp3) is 0.364. The highest BCUT2D eigenvalue weighted by Gasteiger charge is 2.12. The molecule has 1 rings (SSSR count). The number of nitrogen functional groups attached to an aromatic ring is 1. The average Bonchev–Trinajstić information content (AvgIpc) is 2.22. The molecule has 0 saturated carbocycles. The maximum atomic E-state index is 11.5. The molecule has 0 aliphatic rings. The Morgan fingerprint density at radius 3 is 2.80 bits per heavy atom. The predicted molar refractivity (Wildman–Crippen MR) is 60.7 cm³/mol. The van der Waals surface area contributed by atoms with Crippen LogP contribution in [0.3, 0.4) is 0 Å². The highest BCUT2D eigenvalue weighted by molar-refractivity contribution is 5.96. The van der Waals surface area contributed by atoms with E-state index in [4.69, 9.17) is 10.5 Å². The molecular weight excluding hydrogens is 192 g/mol. The summed E-state index contributed by atoms with van der Waals surface area (Å²) >= 11 is 0. The topological polar surface area (TPSA) is 64.3 Å². The van der Waals surface area contributed by atoms with Gasteiger partial charge in [0.2, 0.25) is 0 Å². The minimum absolute atomic E-state index is 0.199. The van der Waals surface area contributed by atoms with Gasteiger partial charge >= 0.3 is 0 Å². The number of hydrogen-bond acceptors (Lipinski definition) is 3. The molecule has 0 spiro atoms. The van der Waals surface area contributed by atoms with Crippen molar-refractivity contribution in [1.82, 2.24) is 0 Å². The molecule has 0 radical (unpaired) electrons. The lowest BCUT2D eigenvalue weighted by atomic mass is 10.2. The van der Waals surface area contributed by atoms with Crippen molar-refractivity contribution in [2.75, 3.05) is 18.2 Å². The second-order valence-corrected chi connectivity index (χ2v) is 3.46. The maximum absolute atomic E-state index is 11.5. The molecule has 3 N–H and O–H groups in total. The number of benzene rings is 1. The number of carbonyl (C=O) groups is 1. The molecule has 1 aromatic rings. The minimum atomic E-state index is -0.482. The summed E-state index contributed by atoms with van der Waals surface area (Å²) in [6, 6.07) is 5.49. The first-order valence-electron chi connectivity index (χ1n) is 4.74. The molecule has 82 valence electrons. The fourth-order valence-electron chi connectivity index (χ4n) is 1.12. The van der Waals surface area contributed by atoms with Gasteiger partial charge in [0.1, 0.15) is 6.10 Å². The first kappa shape index (κ1) is 11.5. The van der Waals surface area contributed by atoms with Gasteiger partial charge in [-0.2, -0.15) is 0 Å². The van der Waals surface area contributed by atoms with Gasteiger partial charge in [-0.15, -0.1) is 0 Å². The number of aryl methyl sites for hydroxylation is 1. The Bertz CT molecular complexity index is 364. The van der Waals surface area contributed by atoms with Gasteiger partial charge in [0.25, 0.3) is 5.91 Å². The number of nitrogens with two attached hydrogens (primary N) is 1. The van der Waals surface area contributed by atoms with Crippen LogP contribution in [0, 0.1) is 6.92 Å². The summed E-state index contributed by atoms with van der Waals surface area (Å²) in [4.78, 5) is 11.5. The van der Waals surface area contributed by atoms with Gasteiger partial charge in [-0.1, -0.05) is 6.07 Å². The van der Waals surface area contributed by atoms with Crippen LogP contribution in [0.15, 0.2) is 18.2 Å². The summed E-state index contributed by atoms with van der Waals surface area (Å²) in [5.41, 5.74) is 7.95. The Morgan fingerprint density at radius 1 is 1.53 bits per heavy atom. The molecule has 0 aromatic heterocycles. The normalized spacial score (nSPS) is 12.2. The van der Waals surface area contributed by atoms with E-state index in [1.165, 1.54) is 7.11 Å². The zero-order chi connectivity index (χ0) is 11.4. The summed E-state index contributed by atoms with van der Waals surface area (Å²) < 4.78 is 4.90. The Balaban J connectivity index is 2.80. The van der Waals surface area contributed by atoms with Crippen LogP contribution in [0.5, 0.6) is 0 Å². The predicted octanol–water partition coefficient (Wildman–Crippen LogP) is 1.55. The fourth-order valence-corrected chi connectivity index (χ4v) is 1.12. The molecule has 15 heavy (non-hydrogen) atoms. The third-order valence-corrected chi connectivity index (χ3v) is 2.19. The van der Waals surface area contributed by atoms with Crippen molar-refractivity contribution in [3.05, 3.63) is 23.8 Å². The number of carbonyl (C=O) groups excluding carboxylic acids is 1. The van der Waals surface area contributed by atoms with Crippen molar-refractivity contribution >= 4 is 17.3 Å². The Labute approximate surface area is 89.4 Å². The summed E-state index contributed by atoms with van der Waals surface area (Å²) in [5.74, 6) is -0.199. The van der Waals surface area contributed by atoms with Crippen LogP contribution in [-0.2, 0) is 9.53 Å². The van der Waals surface area contributed by atoms with E-state index in [9.17, 15) is 4.79 Å². The van der Waals surface area contributed by atoms with Gasteiger partial charge < -0.3 is 15.8 Å². The SMILES string of the molecule is COC(C)C(=O)Nc1cc(C)ccc1N. The van der Waals surface area contributed by atoms with Crippen LogP contribution in [0.4, 0.5) is 11.4 Å². The van der Waals surface area contributed by atoms with Crippen LogP contribution in [0.25, 0.3) is 0 Å². The van der Waals surface area contributed by atoms with E-state index in [1.807, 2.05) is 19.1 Å². The van der Waals surface area contributed by atoms with E-state index in [2.05, 4.69) is 5.32 Å². The third kappa shape index (κ3) is 2.95. The van der Waals surface area contributed by atoms with E-state index in [1.54, 1.807) is 13.0 Å². The molecule has 0 aliphatic carbocycles. The van der Waals surface area contributed by atoms with E-state index in [0.29, 0.717) is 11.4 Å². The van der Waals surface area contributed by atoms with Crippen molar-refractivity contribution in [2.45, 2.75) is 20.0 Å². The summed E-state index contributed by atoms with van der Waals surface area (Å²) in [5, 5.41) is 2.71. The molecule has 0 aliphatic heterocycles. The second-order valence-electron chi connectivity index (χ2n) is 3.46. The molecule has 0 saturated heterocycles. The number of nitrogens with one attached hydrogen (secondary N) is 1. The van der Waals surface area contributed by atoms with Crippen molar-refractivity contribution < 1.29 is 9.53 Å². The van der Waals surface area contributed by atoms with Crippen LogP contribution < -0.4 is 11.1 Å². The van der Waals surface area contributed by atoms with E-state index in [-0.39, 0.29) is 5.91 Å². The summed E-state index contributed by atoms with van der Waals surface area (Å²) in [7, 11) is 1.49. The van der Waals surface area contributed by atoms with Crippen molar-refractivity contribution in [2.24, 2.45) is 0 Å². The Kier molecular flexibility index (Phi) is 3.68. The number of rotatable bonds is 3. The second kappa shape index (κ2) is 4.79. The molecule has 1 aromatic carbocycles. The first-order chi connectivity index (χ1) is 7.04. The smallest absolute Gasteiger partial charge is 0.253 e. The molecule has 1 amide bonds. The standard InChI is InChI=1S/C11H16N2O2/c1-7-4-5-9(12)10(6-7)13-11(14)8(2)15-3/h4-6,8H,12H2,1-3H3,(H,13,14). The number of hydrogen-bond donors (Lipinski definition) is 2. The quantitative estimate of drug-likeness (QED) is 0.741. The zero-order valence-electron chi connectivity index (χ0n) is 9.20. The lowest BCUT2D eigenvalue weighted by Gasteiger charge is -2.12. The van der Waals surface area contributed by atoms with E-state index >= 15 is 0 Å². The molecule has 0 fully saturated rings. The van der Waals surface area contributed by atoms with Crippen LogP contribution in [-0.4, -0.2) is 19.1 Å². The third-order valence-electron chi connectivity index (χ3n) is 2.19. The number of anilines is 2. The first-order valence-corrected chi connectivity index (χ1v) is 4.74. The van der Waals surface area contributed by atoms with Gasteiger partial charge in [0.15, 0.2) is 0 Å². The van der Waals surface area contributed by atoms with Crippen LogP contribution in [0.1, 0.15) is 12.5 Å². The van der Waals surface area contributed by atoms with E-state index in [0.717, 1.165) is 5.56 Å². The molecule has 4 heteroatoms. The molecule has 4 nitrogen and oxygen atoms in total. The number of methoxy groups -OCH3 is 1. The van der Waals surface area contributed by atoms with Gasteiger partial charge in [-0.05, 0) is 31.5 Å². The van der Waals surface area contributed by atoms with Crippen LogP contribution >= 0.6 is 0 Å². The van der Waals surface area contributed by atoms with Crippen LogP contribution in [0.2, 0.25) is 0 Å². The van der Waals surface area contributed by atoms with Crippen molar-refractivity contribution in [3.8, 4) is 0 Å². The minimum Gasteiger partial charge on any atom is -0.397 e. The summed E-state index contributed by atoms with van der Waals surface area (Å²) in [6.45, 7) is 3.62. The van der Waals surface area contributed by atoms with Crippen molar-refractivity contribution in [3.63, 3.8) is 0 Å². The zero-order valence-corrected chi connectivity index (χ0v) is 9.20.